The third-order valence-corrected chi connectivity index (χ3v) is 19.5. The van der Waals surface area contributed by atoms with Gasteiger partial charge in [-0.3, -0.25) is 0 Å². The summed E-state index contributed by atoms with van der Waals surface area (Å²) in [5.41, 5.74) is 2.18. The number of rotatable bonds is 11. The molecule has 3 rings (SSSR count). The number of hydrogen-bond donors (Lipinski definition) is 0. The van der Waals surface area contributed by atoms with Crippen LogP contribution in [0.4, 0.5) is 0 Å². The summed E-state index contributed by atoms with van der Waals surface area (Å²) in [6.45, 7) is 21.3. The van der Waals surface area contributed by atoms with Crippen LogP contribution >= 0.6 is 22.6 Å². The topological polar surface area (TPSA) is 40.8 Å². The average Bonchev–Trinajstić information content (AvgIpc) is 3.31. The Hall–Kier alpha value is -1.50. The molecule has 1 heterocycles. The molecule has 2 aromatic carbocycles. The van der Waals surface area contributed by atoms with Crippen molar-refractivity contribution in [3.8, 4) is 0 Å². The number of benzene rings is 2. The second kappa shape index (κ2) is 13.2. The quantitative estimate of drug-likeness (QED) is 0.116. The van der Waals surface area contributed by atoms with Crippen LogP contribution in [-0.2, 0) is 20.5 Å². The van der Waals surface area contributed by atoms with Crippen molar-refractivity contribution >= 4 is 54.7 Å². The van der Waals surface area contributed by atoms with Gasteiger partial charge in [0, 0.05) is 12.7 Å². The number of ether oxygens (including phenoxy) is 2. The maximum Gasteiger partial charge on any atom is 0.198 e. The minimum absolute atomic E-state index is 0.0990. The highest BCUT2D eigenvalue weighted by molar-refractivity contribution is 14.1. The van der Waals surface area contributed by atoms with E-state index in [1.165, 1.54) is 10.4 Å². The molecule has 0 N–H and O–H groups in total. The fourth-order valence-corrected chi connectivity index (χ4v) is 12.0. The van der Waals surface area contributed by atoms with Crippen LogP contribution in [-0.4, -0.2) is 30.3 Å². The molecule has 0 saturated carbocycles. The summed E-state index contributed by atoms with van der Waals surface area (Å²) in [4.78, 5) is 0. The fourth-order valence-electron chi connectivity index (χ4n) is 5.12. The van der Waals surface area contributed by atoms with Crippen LogP contribution in [0.25, 0.3) is 0 Å². The summed E-state index contributed by atoms with van der Waals surface area (Å²) in [6, 6.07) is 24.1. The Balaban J connectivity index is 2.39. The van der Waals surface area contributed by atoms with Gasteiger partial charge in [-0.25, -0.2) is 0 Å². The molecular weight excluding hydrogens is 643 g/mol. The van der Waals surface area contributed by atoms with Gasteiger partial charge in [-0.1, -0.05) is 125 Å². The van der Waals surface area contributed by atoms with Crippen LogP contribution in [0.3, 0.4) is 0 Å². The molecule has 7 heteroatoms. The molecule has 0 radical (unpaired) electrons. The first-order valence-electron chi connectivity index (χ1n) is 14.0. The Bertz CT molecular complexity index is 1220. The summed E-state index contributed by atoms with van der Waals surface area (Å²) >= 11 is 2.27. The first-order valence-corrected chi connectivity index (χ1v) is 20.1. The molecule has 0 spiro atoms. The largest absolute Gasteiger partial charge is 0.467 e. The van der Waals surface area contributed by atoms with Crippen LogP contribution in [0.2, 0.25) is 23.2 Å². The summed E-state index contributed by atoms with van der Waals surface area (Å²) in [7, 11) is -3.14. The zero-order chi connectivity index (χ0) is 29.8. The lowest BCUT2D eigenvalue weighted by Gasteiger charge is -2.43. The van der Waals surface area contributed by atoms with Crippen molar-refractivity contribution in [3.05, 3.63) is 87.7 Å². The number of methoxy groups -OCH3 is 1. The van der Waals surface area contributed by atoms with Gasteiger partial charge >= 0.3 is 0 Å². The highest BCUT2D eigenvalue weighted by Gasteiger charge is 2.53. The lowest BCUT2D eigenvalue weighted by atomic mass is 10.1. The summed E-state index contributed by atoms with van der Waals surface area (Å²) in [6.07, 6.45) is -0.351. The van der Waals surface area contributed by atoms with Crippen molar-refractivity contribution in [2.45, 2.75) is 84.3 Å². The van der Waals surface area contributed by atoms with E-state index in [-0.39, 0.29) is 23.0 Å². The summed E-state index contributed by atoms with van der Waals surface area (Å²) in [5.74, 6) is 0.791. The molecule has 0 amide bonds. The third-order valence-electron chi connectivity index (χ3n) is 8.30. The van der Waals surface area contributed by atoms with Crippen molar-refractivity contribution < 1.29 is 18.3 Å². The number of hydrogen-bond acceptors (Lipinski definition) is 4. The van der Waals surface area contributed by atoms with Gasteiger partial charge in [0.25, 0.3) is 0 Å². The van der Waals surface area contributed by atoms with Gasteiger partial charge < -0.3 is 18.3 Å². The van der Waals surface area contributed by atoms with Gasteiger partial charge in [-0.15, -0.1) is 0 Å². The standard InChI is InChI=1S/C33H47IO4Si2/c1-25(22-34)30(36-24-35-8)29-21-26(23-37-39(9,10)32(2,3)4)31(38-29)40(33(5,6)7,27-17-13-11-14-18-27)28-19-15-12-16-20-28/h11-22,30H,23-24H2,1-10H3/b25-22-. The second-order valence-electron chi connectivity index (χ2n) is 13.1. The highest BCUT2D eigenvalue weighted by atomic mass is 127. The molecule has 0 fully saturated rings. The van der Waals surface area contributed by atoms with E-state index >= 15 is 0 Å². The monoisotopic (exact) mass is 690 g/mol. The van der Waals surface area contributed by atoms with Gasteiger partial charge in [0.2, 0.25) is 0 Å². The second-order valence-corrected chi connectivity index (χ2v) is 23.1. The molecule has 1 aromatic heterocycles. The van der Waals surface area contributed by atoms with Crippen molar-refractivity contribution in [1.29, 1.82) is 0 Å². The minimum Gasteiger partial charge on any atom is -0.467 e. The molecule has 218 valence electrons. The molecule has 4 nitrogen and oxygen atoms in total. The van der Waals surface area contributed by atoms with E-state index in [1.807, 2.05) is 0 Å². The molecule has 3 aromatic rings. The SMILES string of the molecule is COCOC(/C(C)=C\I)c1cc(CO[Si](C)(C)C(C)(C)C)c([Si](c2ccccc2)(c2ccccc2)C(C)(C)C)o1. The van der Waals surface area contributed by atoms with Crippen LogP contribution in [0.5, 0.6) is 0 Å². The predicted octanol–water partition coefficient (Wildman–Crippen LogP) is 8.07. The lowest BCUT2D eigenvalue weighted by molar-refractivity contribution is -0.0660. The molecular formula is C33H47IO4Si2. The Labute approximate surface area is 257 Å². The van der Waals surface area contributed by atoms with Crippen molar-refractivity contribution in [1.82, 2.24) is 0 Å². The predicted molar refractivity (Wildman–Crippen MR) is 181 cm³/mol. The number of furan rings is 1. The van der Waals surface area contributed by atoms with Crippen LogP contribution in [0, 0.1) is 0 Å². The molecule has 0 aliphatic rings. The van der Waals surface area contributed by atoms with E-state index in [4.69, 9.17) is 18.3 Å². The molecule has 0 aliphatic carbocycles. The van der Waals surface area contributed by atoms with E-state index in [0.717, 1.165) is 22.3 Å². The fraction of sp³-hybridized carbons (Fsp3) is 0.455. The molecule has 0 bridgehead atoms. The average molecular weight is 691 g/mol. The zero-order valence-electron chi connectivity index (χ0n) is 25.9. The lowest BCUT2D eigenvalue weighted by Crippen LogP contribution is -2.72. The van der Waals surface area contributed by atoms with E-state index in [9.17, 15) is 0 Å². The molecule has 40 heavy (non-hydrogen) atoms. The van der Waals surface area contributed by atoms with Crippen LogP contribution < -0.4 is 15.8 Å². The van der Waals surface area contributed by atoms with Crippen molar-refractivity contribution in [3.63, 3.8) is 0 Å². The van der Waals surface area contributed by atoms with E-state index in [0.29, 0.717) is 6.61 Å². The van der Waals surface area contributed by atoms with Crippen molar-refractivity contribution in [2.75, 3.05) is 13.9 Å². The Morgan fingerprint density at radius 2 is 1.43 bits per heavy atom. The molecule has 0 saturated heterocycles. The first kappa shape index (κ1) is 33.0. The zero-order valence-corrected chi connectivity index (χ0v) is 30.1. The Morgan fingerprint density at radius 3 is 1.85 bits per heavy atom. The summed E-state index contributed by atoms with van der Waals surface area (Å²) < 4.78 is 27.6. The van der Waals surface area contributed by atoms with Gasteiger partial charge in [-0.2, -0.15) is 0 Å². The van der Waals surface area contributed by atoms with E-state index in [1.54, 1.807) is 7.11 Å². The van der Waals surface area contributed by atoms with Crippen LogP contribution in [0.1, 0.15) is 65.9 Å². The minimum atomic E-state index is -2.75. The molecule has 1 atom stereocenters. The number of halogens is 1. The van der Waals surface area contributed by atoms with Gasteiger partial charge in [0.15, 0.2) is 16.4 Å². The Morgan fingerprint density at radius 1 is 0.900 bits per heavy atom. The normalized spacial score (nSPS) is 14.4. The molecule has 0 aliphatic heterocycles. The first-order chi connectivity index (χ1) is 18.7. The Kier molecular flexibility index (Phi) is 10.9. The van der Waals surface area contributed by atoms with Gasteiger partial charge in [0.05, 0.1) is 12.0 Å². The van der Waals surface area contributed by atoms with E-state index < -0.39 is 16.4 Å². The third kappa shape index (κ3) is 6.76. The molecule has 1 unspecified atom stereocenters. The summed E-state index contributed by atoms with van der Waals surface area (Å²) in [5, 5.41) is 3.66. The maximum atomic E-state index is 7.12. The van der Waals surface area contributed by atoms with Crippen molar-refractivity contribution in [2.24, 2.45) is 0 Å². The van der Waals surface area contributed by atoms with Crippen LogP contribution in [0.15, 0.2) is 80.8 Å². The maximum absolute atomic E-state index is 7.12. The highest BCUT2D eigenvalue weighted by Crippen LogP contribution is 2.40. The van der Waals surface area contributed by atoms with Gasteiger partial charge in [-0.05, 0) is 56.2 Å². The van der Waals surface area contributed by atoms with E-state index in [2.05, 4.69) is 155 Å². The smallest absolute Gasteiger partial charge is 0.198 e. The van der Waals surface area contributed by atoms with Gasteiger partial charge in [0.1, 0.15) is 18.7 Å².